The van der Waals surface area contributed by atoms with E-state index in [-0.39, 0.29) is 5.82 Å². The minimum Gasteiger partial charge on any atom is -0.370 e. The number of benzene rings is 1. The Hall–Kier alpha value is -0.890. The lowest BCUT2D eigenvalue weighted by molar-refractivity contribution is 0.353. The van der Waals surface area contributed by atoms with E-state index in [0.29, 0.717) is 18.1 Å². The first kappa shape index (κ1) is 11.6. The molecule has 88 valence electrons. The van der Waals surface area contributed by atoms with Gasteiger partial charge in [-0.15, -0.1) is 0 Å². The van der Waals surface area contributed by atoms with E-state index in [2.05, 4.69) is 13.8 Å². The van der Waals surface area contributed by atoms with Gasteiger partial charge in [0.15, 0.2) is 0 Å². The molecular formula is C14H19FO. The van der Waals surface area contributed by atoms with E-state index in [1.165, 1.54) is 5.56 Å². The summed E-state index contributed by atoms with van der Waals surface area (Å²) in [4.78, 5) is 0. The van der Waals surface area contributed by atoms with Crippen molar-refractivity contribution in [3.8, 4) is 0 Å². The molecule has 3 unspecified atom stereocenters. The van der Waals surface area contributed by atoms with Gasteiger partial charge in [0.25, 0.3) is 0 Å². The highest BCUT2D eigenvalue weighted by molar-refractivity contribution is 5.26. The highest BCUT2D eigenvalue weighted by Gasteiger charge is 2.37. The molecule has 0 amide bonds. The second kappa shape index (κ2) is 4.54. The minimum absolute atomic E-state index is 0.120. The quantitative estimate of drug-likeness (QED) is 0.706. The molecule has 1 aromatic rings. The lowest BCUT2D eigenvalue weighted by Crippen LogP contribution is -2.01. The number of aryl methyl sites for hydroxylation is 1. The predicted octanol–water partition coefficient (Wildman–Crippen LogP) is 3.81. The second-order valence-corrected chi connectivity index (χ2v) is 4.77. The summed E-state index contributed by atoms with van der Waals surface area (Å²) in [5, 5.41) is 0. The standard InChI is InChI=1S/C14H19FO/c1-4-13-14(16-13)8-9(2)11-5-6-12(15)10(3)7-11/h5-7,9,13-14H,4,8H2,1-3H3. The third kappa shape index (κ3) is 2.43. The van der Waals surface area contributed by atoms with Gasteiger partial charge in [0.2, 0.25) is 0 Å². The normalized spacial score (nSPS) is 25.5. The van der Waals surface area contributed by atoms with E-state index in [0.717, 1.165) is 18.4 Å². The topological polar surface area (TPSA) is 12.5 Å². The van der Waals surface area contributed by atoms with Crippen LogP contribution in [-0.2, 0) is 4.74 Å². The molecule has 1 fully saturated rings. The van der Waals surface area contributed by atoms with Crippen LogP contribution in [0.2, 0.25) is 0 Å². The van der Waals surface area contributed by atoms with Crippen molar-refractivity contribution in [2.75, 3.05) is 0 Å². The first-order valence-electron chi connectivity index (χ1n) is 6.03. The summed E-state index contributed by atoms with van der Waals surface area (Å²) >= 11 is 0. The maximum Gasteiger partial charge on any atom is 0.126 e. The van der Waals surface area contributed by atoms with Crippen LogP contribution in [0.25, 0.3) is 0 Å². The van der Waals surface area contributed by atoms with E-state index in [1.54, 1.807) is 6.07 Å². The maximum absolute atomic E-state index is 13.1. The Morgan fingerprint density at radius 1 is 1.38 bits per heavy atom. The fourth-order valence-corrected chi connectivity index (χ4v) is 2.20. The van der Waals surface area contributed by atoms with Gasteiger partial charge >= 0.3 is 0 Å². The Labute approximate surface area is 96.6 Å². The van der Waals surface area contributed by atoms with Gasteiger partial charge in [0, 0.05) is 0 Å². The zero-order chi connectivity index (χ0) is 11.7. The number of hydrogen-bond acceptors (Lipinski definition) is 1. The van der Waals surface area contributed by atoms with Crippen LogP contribution in [0, 0.1) is 12.7 Å². The van der Waals surface area contributed by atoms with Crippen molar-refractivity contribution in [2.24, 2.45) is 0 Å². The van der Waals surface area contributed by atoms with Gasteiger partial charge in [-0.2, -0.15) is 0 Å². The first-order chi connectivity index (χ1) is 7.61. The highest BCUT2D eigenvalue weighted by Crippen LogP contribution is 2.34. The Bertz CT molecular complexity index is 375. The molecule has 1 nitrogen and oxygen atoms in total. The van der Waals surface area contributed by atoms with Gasteiger partial charge in [-0.05, 0) is 42.9 Å². The number of epoxide rings is 1. The fraction of sp³-hybridized carbons (Fsp3) is 0.571. The zero-order valence-electron chi connectivity index (χ0n) is 10.2. The highest BCUT2D eigenvalue weighted by atomic mass is 19.1. The lowest BCUT2D eigenvalue weighted by Gasteiger charge is -2.11. The van der Waals surface area contributed by atoms with Crippen LogP contribution in [0.5, 0.6) is 0 Å². The summed E-state index contributed by atoms with van der Waals surface area (Å²) in [7, 11) is 0. The molecule has 2 heteroatoms. The molecule has 1 aliphatic heterocycles. The number of rotatable bonds is 4. The molecule has 1 heterocycles. The van der Waals surface area contributed by atoms with Crippen LogP contribution in [0.1, 0.15) is 43.7 Å². The molecule has 0 N–H and O–H groups in total. The minimum atomic E-state index is -0.120. The zero-order valence-corrected chi connectivity index (χ0v) is 10.2. The van der Waals surface area contributed by atoms with Gasteiger partial charge in [-0.3, -0.25) is 0 Å². The van der Waals surface area contributed by atoms with Crippen molar-refractivity contribution in [2.45, 2.75) is 51.7 Å². The van der Waals surface area contributed by atoms with Crippen molar-refractivity contribution in [3.05, 3.63) is 35.1 Å². The smallest absolute Gasteiger partial charge is 0.126 e. The molecule has 0 aliphatic carbocycles. The SMILES string of the molecule is CCC1OC1CC(C)c1ccc(F)c(C)c1. The average Bonchev–Trinajstić information content (AvgIpc) is 3.00. The average molecular weight is 222 g/mol. The Balaban J connectivity index is 1.98. The molecule has 0 spiro atoms. The lowest BCUT2D eigenvalue weighted by atomic mass is 9.94. The maximum atomic E-state index is 13.1. The molecule has 0 saturated carbocycles. The molecule has 0 radical (unpaired) electrons. The van der Waals surface area contributed by atoms with Crippen LogP contribution < -0.4 is 0 Å². The second-order valence-electron chi connectivity index (χ2n) is 4.77. The Kier molecular flexibility index (Phi) is 3.29. The molecule has 1 saturated heterocycles. The van der Waals surface area contributed by atoms with Crippen molar-refractivity contribution < 1.29 is 9.13 Å². The van der Waals surface area contributed by atoms with E-state index < -0.39 is 0 Å². The number of hydrogen-bond donors (Lipinski definition) is 0. The summed E-state index contributed by atoms with van der Waals surface area (Å²) < 4.78 is 18.7. The summed E-state index contributed by atoms with van der Waals surface area (Å²) in [5.41, 5.74) is 1.94. The monoisotopic (exact) mass is 222 g/mol. The summed E-state index contributed by atoms with van der Waals surface area (Å²) in [6.07, 6.45) is 3.03. The largest absolute Gasteiger partial charge is 0.370 e. The van der Waals surface area contributed by atoms with Crippen LogP contribution >= 0.6 is 0 Å². The molecule has 1 aromatic carbocycles. The molecule has 16 heavy (non-hydrogen) atoms. The number of ether oxygens (including phenoxy) is 1. The van der Waals surface area contributed by atoms with Crippen LogP contribution in [-0.4, -0.2) is 12.2 Å². The van der Waals surface area contributed by atoms with Crippen molar-refractivity contribution in [1.29, 1.82) is 0 Å². The predicted molar refractivity (Wildman–Crippen MR) is 63.1 cm³/mol. The molecule has 3 atom stereocenters. The molecular weight excluding hydrogens is 203 g/mol. The number of halogens is 1. The van der Waals surface area contributed by atoms with E-state index in [9.17, 15) is 4.39 Å². The summed E-state index contributed by atoms with van der Waals surface area (Å²) in [5.74, 6) is 0.325. The van der Waals surface area contributed by atoms with Crippen molar-refractivity contribution in [3.63, 3.8) is 0 Å². The van der Waals surface area contributed by atoms with Gasteiger partial charge < -0.3 is 4.74 Å². The van der Waals surface area contributed by atoms with Gasteiger partial charge in [0.1, 0.15) is 5.82 Å². The van der Waals surface area contributed by atoms with Crippen LogP contribution in [0.4, 0.5) is 4.39 Å². The van der Waals surface area contributed by atoms with E-state index in [1.807, 2.05) is 19.1 Å². The van der Waals surface area contributed by atoms with Crippen molar-refractivity contribution in [1.82, 2.24) is 0 Å². The fourth-order valence-electron chi connectivity index (χ4n) is 2.20. The van der Waals surface area contributed by atoms with Gasteiger partial charge in [-0.25, -0.2) is 4.39 Å². The van der Waals surface area contributed by atoms with E-state index in [4.69, 9.17) is 4.74 Å². The molecule has 2 rings (SSSR count). The molecule has 0 bridgehead atoms. The summed E-state index contributed by atoms with van der Waals surface area (Å²) in [6, 6.07) is 5.39. The van der Waals surface area contributed by atoms with Gasteiger partial charge in [-0.1, -0.05) is 26.0 Å². The van der Waals surface area contributed by atoms with Crippen LogP contribution in [0.15, 0.2) is 18.2 Å². The third-order valence-corrected chi connectivity index (χ3v) is 3.43. The van der Waals surface area contributed by atoms with Crippen LogP contribution in [0.3, 0.4) is 0 Å². The first-order valence-corrected chi connectivity index (χ1v) is 6.03. The van der Waals surface area contributed by atoms with Gasteiger partial charge in [0.05, 0.1) is 12.2 Å². The molecule has 0 aromatic heterocycles. The Morgan fingerprint density at radius 3 is 2.69 bits per heavy atom. The summed E-state index contributed by atoms with van der Waals surface area (Å²) in [6.45, 7) is 6.15. The third-order valence-electron chi connectivity index (χ3n) is 3.43. The van der Waals surface area contributed by atoms with E-state index >= 15 is 0 Å². The Morgan fingerprint density at radius 2 is 2.12 bits per heavy atom. The molecule has 1 aliphatic rings. The van der Waals surface area contributed by atoms with Crippen molar-refractivity contribution >= 4 is 0 Å².